The van der Waals surface area contributed by atoms with Gasteiger partial charge in [0, 0.05) is 4.47 Å². The van der Waals surface area contributed by atoms with Gasteiger partial charge in [0.25, 0.3) is 0 Å². The Hall–Kier alpha value is -1.35. The number of hydrogen-bond acceptors (Lipinski definition) is 1. The summed E-state index contributed by atoms with van der Waals surface area (Å²) in [6.45, 7) is 0. The SMILES string of the molecule is Fc1cccc(C2CCc3cc(Br)ccc3O2)c1. The number of aryl methyl sites for hydroxylation is 1. The lowest BCUT2D eigenvalue weighted by molar-refractivity contribution is 0.176. The summed E-state index contributed by atoms with van der Waals surface area (Å²) in [6, 6.07) is 12.7. The molecule has 0 bridgehead atoms. The topological polar surface area (TPSA) is 9.23 Å². The fourth-order valence-corrected chi connectivity index (χ4v) is 2.71. The van der Waals surface area contributed by atoms with Gasteiger partial charge in [-0.25, -0.2) is 4.39 Å². The van der Waals surface area contributed by atoms with E-state index in [0.717, 1.165) is 28.6 Å². The summed E-state index contributed by atoms with van der Waals surface area (Å²) >= 11 is 3.45. The van der Waals surface area contributed by atoms with Crippen molar-refractivity contribution in [3.63, 3.8) is 0 Å². The third kappa shape index (κ3) is 2.27. The first-order valence-corrected chi connectivity index (χ1v) is 6.72. The Morgan fingerprint density at radius 2 is 2.06 bits per heavy atom. The number of rotatable bonds is 1. The van der Waals surface area contributed by atoms with Gasteiger partial charge in [-0.05, 0) is 54.3 Å². The lowest BCUT2D eigenvalue weighted by atomic mass is 9.97. The Balaban J connectivity index is 1.89. The van der Waals surface area contributed by atoms with Gasteiger partial charge in [-0.1, -0.05) is 28.1 Å². The summed E-state index contributed by atoms with van der Waals surface area (Å²) < 4.78 is 20.2. The van der Waals surface area contributed by atoms with Crippen molar-refractivity contribution in [3.05, 3.63) is 63.9 Å². The number of halogens is 2. The van der Waals surface area contributed by atoms with Crippen molar-refractivity contribution >= 4 is 15.9 Å². The maximum Gasteiger partial charge on any atom is 0.124 e. The molecule has 1 nitrogen and oxygen atoms in total. The van der Waals surface area contributed by atoms with Crippen LogP contribution in [0.5, 0.6) is 5.75 Å². The Kier molecular flexibility index (Phi) is 3.08. The van der Waals surface area contributed by atoms with Gasteiger partial charge in [0.2, 0.25) is 0 Å². The van der Waals surface area contributed by atoms with Gasteiger partial charge in [0.15, 0.2) is 0 Å². The average Bonchev–Trinajstić information content (AvgIpc) is 2.38. The molecular weight excluding hydrogens is 295 g/mol. The second-order valence-electron chi connectivity index (χ2n) is 4.45. The van der Waals surface area contributed by atoms with Crippen molar-refractivity contribution in [1.29, 1.82) is 0 Å². The highest BCUT2D eigenvalue weighted by molar-refractivity contribution is 9.10. The molecule has 0 radical (unpaired) electrons. The molecule has 1 aliphatic rings. The fraction of sp³-hybridized carbons (Fsp3) is 0.200. The number of ether oxygens (including phenoxy) is 1. The van der Waals surface area contributed by atoms with Gasteiger partial charge in [-0.2, -0.15) is 0 Å². The zero-order valence-corrected chi connectivity index (χ0v) is 11.3. The minimum Gasteiger partial charge on any atom is -0.485 e. The quantitative estimate of drug-likeness (QED) is 0.745. The second-order valence-corrected chi connectivity index (χ2v) is 5.37. The van der Waals surface area contributed by atoms with Crippen LogP contribution >= 0.6 is 15.9 Å². The summed E-state index contributed by atoms with van der Waals surface area (Å²) in [5, 5.41) is 0. The molecule has 0 amide bonds. The molecule has 1 unspecified atom stereocenters. The van der Waals surface area contributed by atoms with E-state index in [2.05, 4.69) is 22.0 Å². The third-order valence-corrected chi connectivity index (χ3v) is 3.68. The maximum atomic E-state index is 13.2. The molecule has 3 rings (SSSR count). The monoisotopic (exact) mass is 306 g/mol. The van der Waals surface area contributed by atoms with Gasteiger partial charge < -0.3 is 4.74 Å². The van der Waals surface area contributed by atoms with E-state index in [9.17, 15) is 4.39 Å². The van der Waals surface area contributed by atoms with E-state index < -0.39 is 0 Å². The molecule has 0 aliphatic carbocycles. The fourth-order valence-electron chi connectivity index (χ4n) is 2.30. The number of fused-ring (bicyclic) bond motifs is 1. The van der Waals surface area contributed by atoms with Crippen molar-refractivity contribution in [3.8, 4) is 5.75 Å². The lowest BCUT2D eigenvalue weighted by Gasteiger charge is -2.26. The molecule has 0 N–H and O–H groups in total. The van der Waals surface area contributed by atoms with Crippen LogP contribution in [-0.2, 0) is 6.42 Å². The van der Waals surface area contributed by atoms with E-state index in [-0.39, 0.29) is 11.9 Å². The number of hydrogen-bond donors (Lipinski definition) is 0. The molecule has 18 heavy (non-hydrogen) atoms. The average molecular weight is 307 g/mol. The summed E-state index contributed by atoms with van der Waals surface area (Å²) in [7, 11) is 0. The molecule has 3 heteroatoms. The van der Waals surface area contributed by atoms with Crippen LogP contribution < -0.4 is 4.74 Å². The van der Waals surface area contributed by atoms with Crippen LogP contribution in [-0.4, -0.2) is 0 Å². The van der Waals surface area contributed by atoms with Crippen LogP contribution in [0.3, 0.4) is 0 Å². The molecular formula is C15H12BrFO. The van der Waals surface area contributed by atoms with Gasteiger partial charge in [0.1, 0.15) is 17.7 Å². The molecule has 92 valence electrons. The van der Waals surface area contributed by atoms with E-state index in [0.29, 0.717) is 0 Å². The zero-order chi connectivity index (χ0) is 12.5. The predicted molar refractivity (Wildman–Crippen MR) is 72.2 cm³/mol. The normalized spacial score (nSPS) is 18.0. The highest BCUT2D eigenvalue weighted by atomic mass is 79.9. The van der Waals surface area contributed by atoms with Crippen LogP contribution in [0.25, 0.3) is 0 Å². The van der Waals surface area contributed by atoms with Crippen molar-refractivity contribution in [2.24, 2.45) is 0 Å². The van der Waals surface area contributed by atoms with Gasteiger partial charge in [-0.3, -0.25) is 0 Å². The first-order valence-electron chi connectivity index (χ1n) is 5.93. The van der Waals surface area contributed by atoms with Crippen LogP contribution in [0.2, 0.25) is 0 Å². The first-order chi connectivity index (χ1) is 8.72. The minimum atomic E-state index is -0.210. The van der Waals surface area contributed by atoms with E-state index in [1.165, 1.54) is 11.6 Å². The molecule has 0 aromatic heterocycles. The molecule has 0 saturated carbocycles. The lowest BCUT2D eigenvalue weighted by Crippen LogP contribution is -2.15. The summed E-state index contributed by atoms with van der Waals surface area (Å²) in [5.41, 5.74) is 2.11. The Bertz CT molecular complexity index is 582. The smallest absolute Gasteiger partial charge is 0.124 e. The van der Waals surface area contributed by atoms with E-state index >= 15 is 0 Å². The molecule has 1 heterocycles. The molecule has 2 aromatic rings. The Labute approximate surface area is 114 Å². The van der Waals surface area contributed by atoms with Crippen LogP contribution in [0, 0.1) is 5.82 Å². The van der Waals surface area contributed by atoms with Gasteiger partial charge >= 0.3 is 0 Å². The van der Waals surface area contributed by atoms with Gasteiger partial charge in [0.05, 0.1) is 0 Å². The highest BCUT2D eigenvalue weighted by Gasteiger charge is 2.21. The zero-order valence-electron chi connectivity index (χ0n) is 9.70. The third-order valence-electron chi connectivity index (χ3n) is 3.19. The van der Waals surface area contributed by atoms with Crippen LogP contribution in [0.4, 0.5) is 4.39 Å². The van der Waals surface area contributed by atoms with Crippen molar-refractivity contribution in [2.45, 2.75) is 18.9 Å². The largest absolute Gasteiger partial charge is 0.485 e. The molecule has 2 aromatic carbocycles. The van der Waals surface area contributed by atoms with Crippen LogP contribution in [0.1, 0.15) is 23.7 Å². The summed E-state index contributed by atoms with van der Waals surface area (Å²) in [4.78, 5) is 0. The standard InChI is InChI=1S/C15H12BrFO/c16-12-5-7-15-11(8-12)4-6-14(18-15)10-2-1-3-13(17)9-10/h1-3,5,7-9,14H,4,6H2. The Morgan fingerprint density at radius 3 is 2.89 bits per heavy atom. The van der Waals surface area contributed by atoms with Crippen molar-refractivity contribution in [1.82, 2.24) is 0 Å². The summed E-state index contributed by atoms with van der Waals surface area (Å²) in [5.74, 6) is 0.691. The highest BCUT2D eigenvalue weighted by Crippen LogP contribution is 2.36. The second kappa shape index (κ2) is 4.73. The summed E-state index contributed by atoms with van der Waals surface area (Å²) in [6.07, 6.45) is 1.79. The molecule has 0 saturated heterocycles. The maximum absolute atomic E-state index is 13.2. The molecule has 1 aliphatic heterocycles. The van der Waals surface area contributed by atoms with E-state index in [1.807, 2.05) is 18.2 Å². The molecule has 0 fully saturated rings. The molecule has 0 spiro atoms. The molecule has 1 atom stereocenters. The van der Waals surface area contributed by atoms with E-state index in [4.69, 9.17) is 4.74 Å². The van der Waals surface area contributed by atoms with Gasteiger partial charge in [-0.15, -0.1) is 0 Å². The van der Waals surface area contributed by atoms with Crippen molar-refractivity contribution < 1.29 is 9.13 Å². The van der Waals surface area contributed by atoms with Crippen molar-refractivity contribution in [2.75, 3.05) is 0 Å². The first kappa shape index (κ1) is 11.7. The Morgan fingerprint density at radius 1 is 1.17 bits per heavy atom. The van der Waals surface area contributed by atoms with Crippen LogP contribution in [0.15, 0.2) is 46.9 Å². The minimum absolute atomic E-state index is 0.0469. The number of benzene rings is 2. The van der Waals surface area contributed by atoms with E-state index in [1.54, 1.807) is 12.1 Å². The predicted octanol–water partition coefficient (Wildman–Crippen LogP) is 4.65.